The number of hydrogen-bond donors (Lipinski definition) is 1. The van der Waals surface area contributed by atoms with E-state index in [9.17, 15) is 14.0 Å². The molecule has 164 valence electrons. The Labute approximate surface area is 191 Å². The highest BCUT2D eigenvalue weighted by Crippen LogP contribution is 2.42. The highest BCUT2D eigenvalue weighted by atomic mass is 32.2. The highest BCUT2D eigenvalue weighted by molar-refractivity contribution is 8.00. The Kier molecular flexibility index (Phi) is 6.07. The second-order valence-electron chi connectivity index (χ2n) is 8.78. The van der Waals surface area contributed by atoms with Crippen LogP contribution in [0.25, 0.3) is 0 Å². The predicted octanol–water partition coefficient (Wildman–Crippen LogP) is 6.15. The summed E-state index contributed by atoms with van der Waals surface area (Å²) in [7, 11) is 0. The van der Waals surface area contributed by atoms with Crippen LogP contribution in [0.4, 0.5) is 15.8 Å². The molecule has 0 saturated carbocycles. The van der Waals surface area contributed by atoms with E-state index in [1.54, 1.807) is 30.3 Å². The zero-order chi connectivity index (χ0) is 22.9. The second kappa shape index (κ2) is 8.79. The van der Waals surface area contributed by atoms with Crippen molar-refractivity contribution in [3.63, 3.8) is 0 Å². The average Bonchev–Trinajstić information content (AvgIpc) is 3.15. The van der Waals surface area contributed by atoms with E-state index in [2.05, 4.69) is 26.1 Å². The molecule has 2 amide bonds. The van der Waals surface area contributed by atoms with Crippen LogP contribution in [0.1, 0.15) is 47.6 Å². The smallest absolute Gasteiger partial charge is 0.255 e. The van der Waals surface area contributed by atoms with Gasteiger partial charge in [0.15, 0.2) is 0 Å². The fraction of sp³-hybridized carbons (Fsp3) is 0.231. The standard InChI is InChI=1S/C26H25FN2O2S/c1-26(2,3)19-12-8-17(9-13-19)24(31)28-20-14-10-18(11-15-20)25-29(23(30)16-32-25)22-7-5-4-6-21(22)27/h4-15,25H,16H2,1-3H3,(H,28,31). The van der Waals surface area contributed by atoms with E-state index in [1.165, 1.54) is 28.3 Å². The lowest BCUT2D eigenvalue weighted by Crippen LogP contribution is -2.28. The zero-order valence-electron chi connectivity index (χ0n) is 18.3. The number of nitrogens with zero attached hydrogens (tertiary/aromatic N) is 1. The van der Waals surface area contributed by atoms with Crippen LogP contribution in [0.5, 0.6) is 0 Å². The molecule has 1 aliphatic heterocycles. The van der Waals surface area contributed by atoms with Crippen LogP contribution in [0.15, 0.2) is 72.8 Å². The summed E-state index contributed by atoms with van der Waals surface area (Å²) in [5.41, 5.74) is 3.60. The maximum atomic E-state index is 14.3. The number of para-hydroxylation sites is 1. The van der Waals surface area contributed by atoms with Crippen molar-refractivity contribution in [1.82, 2.24) is 0 Å². The van der Waals surface area contributed by atoms with Crippen molar-refractivity contribution >= 4 is 35.0 Å². The number of carbonyl (C=O) groups is 2. The molecule has 1 aliphatic rings. The second-order valence-corrected chi connectivity index (χ2v) is 9.85. The first-order valence-electron chi connectivity index (χ1n) is 10.4. The van der Waals surface area contributed by atoms with E-state index >= 15 is 0 Å². The molecule has 0 aliphatic carbocycles. The molecule has 6 heteroatoms. The summed E-state index contributed by atoms with van der Waals surface area (Å²) in [6, 6.07) is 21.3. The Morgan fingerprint density at radius 2 is 1.66 bits per heavy atom. The maximum Gasteiger partial charge on any atom is 0.255 e. The van der Waals surface area contributed by atoms with E-state index in [-0.39, 0.29) is 28.3 Å². The number of benzene rings is 3. The Balaban J connectivity index is 1.49. The summed E-state index contributed by atoms with van der Waals surface area (Å²) < 4.78 is 14.3. The number of halogens is 1. The number of amides is 2. The monoisotopic (exact) mass is 448 g/mol. The van der Waals surface area contributed by atoms with Crippen LogP contribution >= 0.6 is 11.8 Å². The number of thioether (sulfide) groups is 1. The SMILES string of the molecule is CC(C)(C)c1ccc(C(=O)Nc2ccc(C3SCC(=O)N3c3ccccc3F)cc2)cc1. The van der Waals surface area contributed by atoms with Gasteiger partial charge in [-0.15, -0.1) is 11.8 Å². The van der Waals surface area contributed by atoms with Crippen molar-refractivity contribution in [2.75, 3.05) is 16.0 Å². The molecule has 0 aromatic heterocycles. The van der Waals surface area contributed by atoms with Gasteiger partial charge >= 0.3 is 0 Å². The van der Waals surface area contributed by atoms with Gasteiger partial charge in [0.2, 0.25) is 5.91 Å². The fourth-order valence-electron chi connectivity index (χ4n) is 3.63. The number of hydrogen-bond acceptors (Lipinski definition) is 3. The molecule has 4 nitrogen and oxygen atoms in total. The Hall–Kier alpha value is -3.12. The normalized spacial score (nSPS) is 16.3. The molecule has 0 spiro atoms. The molecule has 4 rings (SSSR count). The first-order valence-corrected chi connectivity index (χ1v) is 11.5. The summed E-state index contributed by atoms with van der Waals surface area (Å²) >= 11 is 1.46. The Morgan fingerprint density at radius 1 is 1.00 bits per heavy atom. The molecule has 1 heterocycles. The van der Waals surface area contributed by atoms with Crippen molar-refractivity contribution in [1.29, 1.82) is 0 Å². The highest BCUT2D eigenvalue weighted by Gasteiger charge is 2.35. The quantitative estimate of drug-likeness (QED) is 0.520. The topological polar surface area (TPSA) is 49.4 Å². The predicted molar refractivity (Wildman–Crippen MR) is 129 cm³/mol. The van der Waals surface area contributed by atoms with Gasteiger partial charge in [-0.3, -0.25) is 14.5 Å². The molecule has 3 aromatic carbocycles. The Morgan fingerprint density at radius 3 is 2.28 bits per heavy atom. The molecule has 1 unspecified atom stereocenters. The minimum Gasteiger partial charge on any atom is -0.322 e. The first-order chi connectivity index (χ1) is 15.2. The Bertz CT molecular complexity index is 1140. The molecule has 1 saturated heterocycles. The van der Waals surface area contributed by atoms with Gasteiger partial charge in [-0.25, -0.2) is 4.39 Å². The van der Waals surface area contributed by atoms with Gasteiger partial charge < -0.3 is 5.32 Å². The van der Waals surface area contributed by atoms with Gasteiger partial charge in [-0.05, 0) is 52.9 Å². The number of anilines is 2. The summed E-state index contributed by atoms with van der Waals surface area (Å²) in [4.78, 5) is 26.6. The summed E-state index contributed by atoms with van der Waals surface area (Å²) in [5, 5.41) is 2.60. The van der Waals surface area contributed by atoms with Crippen molar-refractivity contribution < 1.29 is 14.0 Å². The summed E-state index contributed by atoms with van der Waals surface area (Å²) in [6.45, 7) is 6.40. The third-order valence-electron chi connectivity index (χ3n) is 5.45. The van der Waals surface area contributed by atoms with Gasteiger partial charge in [-0.2, -0.15) is 0 Å². The lowest BCUT2D eigenvalue weighted by atomic mass is 9.87. The van der Waals surface area contributed by atoms with Crippen LogP contribution in [0.2, 0.25) is 0 Å². The lowest BCUT2D eigenvalue weighted by Gasteiger charge is -2.24. The first kappa shape index (κ1) is 22.1. The molecule has 0 radical (unpaired) electrons. The van der Waals surface area contributed by atoms with Gasteiger partial charge in [0, 0.05) is 11.3 Å². The molecular formula is C26H25FN2O2S. The van der Waals surface area contributed by atoms with Crippen LogP contribution in [-0.2, 0) is 10.2 Å². The van der Waals surface area contributed by atoms with Crippen molar-refractivity contribution in [3.8, 4) is 0 Å². The summed E-state index contributed by atoms with van der Waals surface area (Å²) in [5.74, 6) is -0.435. The van der Waals surface area contributed by atoms with Crippen LogP contribution in [-0.4, -0.2) is 17.6 Å². The third-order valence-corrected chi connectivity index (χ3v) is 6.66. The van der Waals surface area contributed by atoms with Crippen LogP contribution in [0.3, 0.4) is 0 Å². The number of nitrogens with one attached hydrogen (secondary N) is 1. The number of carbonyl (C=O) groups excluding carboxylic acids is 2. The molecule has 1 fully saturated rings. The van der Waals surface area contributed by atoms with E-state index in [1.807, 2.05) is 36.4 Å². The molecule has 0 bridgehead atoms. The minimum absolute atomic E-state index is 0.0288. The van der Waals surface area contributed by atoms with Gasteiger partial charge in [-0.1, -0.05) is 57.2 Å². The van der Waals surface area contributed by atoms with E-state index < -0.39 is 5.82 Å². The van der Waals surface area contributed by atoms with Crippen molar-refractivity contribution in [2.24, 2.45) is 0 Å². The largest absolute Gasteiger partial charge is 0.322 e. The van der Waals surface area contributed by atoms with Crippen molar-refractivity contribution in [2.45, 2.75) is 31.6 Å². The summed E-state index contributed by atoms with van der Waals surface area (Å²) in [6.07, 6.45) is 0. The zero-order valence-corrected chi connectivity index (χ0v) is 19.1. The average molecular weight is 449 g/mol. The van der Waals surface area contributed by atoms with E-state index in [4.69, 9.17) is 0 Å². The third kappa shape index (κ3) is 4.55. The molecule has 1 atom stereocenters. The van der Waals surface area contributed by atoms with E-state index in [0.717, 1.165) is 5.56 Å². The molecule has 32 heavy (non-hydrogen) atoms. The van der Waals surface area contributed by atoms with Gasteiger partial charge in [0.05, 0.1) is 11.4 Å². The van der Waals surface area contributed by atoms with Crippen LogP contribution in [0, 0.1) is 5.82 Å². The minimum atomic E-state index is -0.422. The molecular weight excluding hydrogens is 423 g/mol. The molecule has 3 aromatic rings. The molecule has 1 N–H and O–H groups in total. The van der Waals surface area contributed by atoms with E-state index in [0.29, 0.717) is 17.0 Å². The van der Waals surface area contributed by atoms with Gasteiger partial charge in [0.25, 0.3) is 5.91 Å². The fourth-order valence-corrected chi connectivity index (χ4v) is 4.80. The van der Waals surface area contributed by atoms with Gasteiger partial charge in [0.1, 0.15) is 11.2 Å². The lowest BCUT2D eigenvalue weighted by molar-refractivity contribution is -0.115. The van der Waals surface area contributed by atoms with Crippen LogP contribution < -0.4 is 10.2 Å². The van der Waals surface area contributed by atoms with Crippen molar-refractivity contribution in [3.05, 3.63) is 95.3 Å². The maximum absolute atomic E-state index is 14.3. The number of rotatable bonds is 4.